The van der Waals surface area contributed by atoms with Crippen LogP contribution >= 0.6 is 0 Å². The average molecular weight is 261 g/mol. The maximum atomic E-state index is 12.3. The van der Waals surface area contributed by atoms with Gasteiger partial charge in [0, 0.05) is 19.4 Å². The Kier molecular flexibility index (Phi) is 2.36. The monoisotopic (exact) mass is 261 g/mol. The number of benzene rings is 1. The van der Waals surface area contributed by atoms with E-state index in [-0.39, 0.29) is 11.8 Å². The summed E-state index contributed by atoms with van der Waals surface area (Å²) in [4.78, 5) is 25.1. The van der Waals surface area contributed by atoms with E-state index >= 15 is 0 Å². The van der Waals surface area contributed by atoms with Gasteiger partial charge in [0.2, 0.25) is 5.91 Å². The molecule has 100 valence electrons. The molecule has 0 radical (unpaired) electrons. The first-order chi connectivity index (χ1) is 8.94. The standard InChI is InChI=1S/C14H15NO4/c1-14-7-9(8-5-3-4-6-10(8)19-14)11(13(17)18)12(16)15(14)2/h3-6,9,11H,7H2,1-2H3,(H,17,18). The summed E-state index contributed by atoms with van der Waals surface area (Å²) in [6, 6.07) is 7.35. The van der Waals surface area contributed by atoms with Gasteiger partial charge in [-0.1, -0.05) is 18.2 Å². The van der Waals surface area contributed by atoms with Crippen LogP contribution in [0.1, 0.15) is 24.8 Å². The number of ether oxygens (including phenoxy) is 1. The molecular weight excluding hydrogens is 246 g/mol. The van der Waals surface area contributed by atoms with E-state index in [4.69, 9.17) is 4.74 Å². The quantitative estimate of drug-likeness (QED) is 0.777. The first-order valence-electron chi connectivity index (χ1n) is 6.22. The van der Waals surface area contributed by atoms with Crippen LogP contribution < -0.4 is 4.74 Å². The molecule has 2 aliphatic heterocycles. The van der Waals surface area contributed by atoms with Crippen LogP contribution in [0.15, 0.2) is 24.3 Å². The summed E-state index contributed by atoms with van der Waals surface area (Å²) in [6.07, 6.45) is 0.503. The number of para-hydroxylation sites is 1. The van der Waals surface area contributed by atoms with E-state index < -0.39 is 17.6 Å². The number of hydrogen-bond acceptors (Lipinski definition) is 3. The van der Waals surface area contributed by atoms with Crippen LogP contribution in [0.3, 0.4) is 0 Å². The third kappa shape index (κ3) is 1.54. The van der Waals surface area contributed by atoms with E-state index in [1.54, 1.807) is 7.05 Å². The van der Waals surface area contributed by atoms with Crippen LogP contribution in [0.2, 0.25) is 0 Å². The number of likely N-dealkylation sites (tertiary alicyclic amines) is 1. The number of amides is 1. The summed E-state index contributed by atoms with van der Waals surface area (Å²) < 4.78 is 5.91. The molecule has 0 aliphatic carbocycles. The lowest BCUT2D eigenvalue weighted by atomic mass is 9.74. The van der Waals surface area contributed by atoms with E-state index in [0.717, 1.165) is 5.56 Å². The fourth-order valence-corrected chi connectivity index (χ4v) is 3.07. The van der Waals surface area contributed by atoms with E-state index in [0.29, 0.717) is 12.2 Å². The average Bonchev–Trinajstić information content (AvgIpc) is 2.36. The molecule has 5 heteroatoms. The van der Waals surface area contributed by atoms with Gasteiger partial charge in [-0.15, -0.1) is 0 Å². The minimum Gasteiger partial charge on any atom is -0.481 e. The van der Waals surface area contributed by atoms with Crippen LogP contribution in [0.5, 0.6) is 5.75 Å². The maximum Gasteiger partial charge on any atom is 0.316 e. The molecule has 3 rings (SSSR count). The maximum absolute atomic E-state index is 12.3. The van der Waals surface area contributed by atoms with Gasteiger partial charge in [0.25, 0.3) is 0 Å². The molecule has 5 nitrogen and oxygen atoms in total. The van der Waals surface area contributed by atoms with Gasteiger partial charge in [0.1, 0.15) is 11.7 Å². The molecule has 2 bridgehead atoms. The Balaban J connectivity index is 2.17. The van der Waals surface area contributed by atoms with Crippen molar-refractivity contribution in [3.8, 4) is 5.75 Å². The lowest BCUT2D eigenvalue weighted by Gasteiger charge is -2.51. The van der Waals surface area contributed by atoms with Crippen LogP contribution in [0.25, 0.3) is 0 Å². The Morgan fingerprint density at radius 2 is 2.16 bits per heavy atom. The molecule has 2 heterocycles. The summed E-state index contributed by atoms with van der Waals surface area (Å²) in [5.41, 5.74) is 0.0519. The van der Waals surface area contributed by atoms with Gasteiger partial charge in [0.15, 0.2) is 5.72 Å². The lowest BCUT2D eigenvalue weighted by Crippen LogP contribution is -2.62. The number of hydrogen-bond donors (Lipinski definition) is 1. The van der Waals surface area contributed by atoms with Crippen LogP contribution in [0.4, 0.5) is 0 Å². The highest BCUT2D eigenvalue weighted by molar-refractivity contribution is 5.99. The molecule has 1 amide bonds. The fourth-order valence-electron chi connectivity index (χ4n) is 3.07. The molecule has 1 aromatic rings. The largest absolute Gasteiger partial charge is 0.481 e. The number of carboxylic acid groups (broad SMARTS) is 1. The van der Waals surface area contributed by atoms with Crippen LogP contribution in [-0.4, -0.2) is 34.7 Å². The number of carbonyl (C=O) groups excluding carboxylic acids is 1. The van der Waals surface area contributed by atoms with E-state index in [2.05, 4.69) is 0 Å². The van der Waals surface area contributed by atoms with Gasteiger partial charge in [-0.25, -0.2) is 0 Å². The zero-order chi connectivity index (χ0) is 13.8. The number of aliphatic carboxylic acids is 1. The van der Waals surface area contributed by atoms with Crippen LogP contribution in [0, 0.1) is 5.92 Å². The summed E-state index contributed by atoms with van der Waals surface area (Å²) in [7, 11) is 1.60. The lowest BCUT2D eigenvalue weighted by molar-refractivity contribution is -0.176. The van der Waals surface area contributed by atoms with Crippen molar-refractivity contribution in [3.63, 3.8) is 0 Å². The van der Waals surface area contributed by atoms with Crippen molar-refractivity contribution in [1.29, 1.82) is 0 Å². The van der Waals surface area contributed by atoms with E-state index in [1.807, 2.05) is 31.2 Å². The predicted molar refractivity (Wildman–Crippen MR) is 66.7 cm³/mol. The Morgan fingerprint density at radius 1 is 1.47 bits per heavy atom. The van der Waals surface area contributed by atoms with Gasteiger partial charge < -0.3 is 14.7 Å². The molecule has 1 N–H and O–H groups in total. The number of carbonyl (C=O) groups is 2. The molecule has 3 atom stereocenters. The van der Waals surface area contributed by atoms with Crippen molar-refractivity contribution in [2.75, 3.05) is 7.05 Å². The molecule has 1 fully saturated rings. The number of fused-ring (bicyclic) bond motifs is 4. The van der Waals surface area contributed by atoms with Crippen molar-refractivity contribution < 1.29 is 19.4 Å². The van der Waals surface area contributed by atoms with Crippen LogP contribution in [-0.2, 0) is 9.59 Å². The van der Waals surface area contributed by atoms with Crippen molar-refractivity contribution in [1.82, 2.24) is 4.90 Å². The van der Waals surface area contributed by atoms with Crippen molar-refractivity contribution in [2.24, 2.45) is 5.92 Å². The molecule has 1 aromatic carbocycles. The third-order valence-corrected chi connectivity index (χ3v) is 4.22. The van der Waals surface area contributed by atoms with Crippen molar-refractivity contribution in [3.05, 3.63) is 29.8 Å². The van der Waals surface area contributed by atoms with Gasteiger partial charge in [-0.2, -0.15) is 0 Å². The smallest absolute Gasteiger partial charge is 0.316 e. The molecule has 1 saturated heterocycles. The predicted octanol–water partition coefficient (Wildman–Crippen LogP) is 1.44. The molecule has 19 heavy (non-hydrogen) atoms. The second-order valence-electron chi connectivity index (χ2n) is 5.34. The summed E-state index contributed by atoms with van der Waals surface area (Å²) in [5, 5.41) is 9.36. The molecule has 0 aromatic heterocycles. The second kappa shape index (κ2) is 3.73. The zero-order valence-electron chi connectivity index (χ0n) is 10.8. The Morgan fingerprint density at radius 3 is 2.84 bits per heavy atom. The highest BCUT2D eigenvalue weighted by atomic mass is 16.5. The Hall–Kier alpha value is -2.04. The number of piperidine rings is 1. The first-order valence-corrected chi connectivity index (χ1v) is 6.22. The minimum absolute atomic E-state index is 0.323. The molecule has 2 aliphatic rings. The van der Waals surface area contributed by atoms with Gasteiger partial charge in [-0.3, -0.25) is 9.59 Å². The van der Waals surface area contributed by atoms with E-state index in [1.165, 1.54) is 4.90 Å². The topological polar surface area (TPSA) is 66.8 Å². The fraction of sp³-hybridized carbons (Fsp3) is 0.429. The normalized spacial score (nSPS) is 32.5. The molecular formula is C14H15NO4. The first kappa shape index (κ1) is 12.0. The highest BCUT2D eigenvalue weighted by Gasteiger charge is 2.54. The van der Waals surface area contributed by atoms with Crippen molar-refractivity contribution in [2.45, 2.75) is 25.0 Å². The highest BCUT2D eigenvalue weighted by Crippen LogP contribution is 2.49. The van der Waals surface area contributed by atoms with E-state index in [9.17, 15) is 14.7 Å². The summed E-state index contributed by atoms with van der Waals surface area (Å²) in [5.74, 6) is -2.13. The summed E-state index contributed by atoms with van der Waals surface area (Å²) >= 11 is 0. The van der Waals surface area contributed by atoms with Gasteiger partial charge >= 0.3 is 5.97 Å². The molecule has 0 spiro atoms. The minimum atomic E-state index is -1.07. The number of nitrogens with zero attached hydrogens (tertiary/aromatic N) is 1. The van der Waals surface area contributed by atoms with Gasteiger partial charge in [-0.05, 0) is 18.6 Å². The van der Waals surface area contributed by atoms with Crippen molar-refractivity contribution >= 4 is 11.9 Å². The SMILES string of the molecule is CN1C(=O)C(C(=O)O)C2CC1(C)Oc1ccccc12. The second-order valence-corrected chi connectivity index (χ2v) is 5.34. The van der Waals surface area contributed by atoms with Gasteiger partial charge in [0.05, 0.1) is 0 Å². The number of rotatable bonds is 1. The summed E-state index contributed by atoms with van der Waals surface area (Å²) in [6.45, 7) is 1.83. The third-order valence-electron chi connectivity index (χ3n) is 4.22. The zero-order valence-corrected chi connectivity index (χ0v) is 10.8. The Labute approximate surface area is 110 Å². The molecule has 3 unspecified atom stereocenters. The Bertz CT molecular complexity index is 570. The number of carboxylic acids is 1. The molecule has 0 saturated carbocycles.